The van der Waals surface area contributed by atoms with Gasteiger partial charge in [0.1, 0.15) is 11.6 Å². The first-order valence-electron chi connectivity index (χ1n) is 9.43. The number of ketones is 1. The van der Waals surface area contributed by atoms with Crippen LogP contribution in [0.5, 0.6) is 0 Å². The Morgan fingerprint density at radius 2 is 1.94 bits per heavy atom. The zero-order valence-corrected chi connectivity index (χ0v) is 17.0. The van der Waals surface area contributed by atoms with Gasteiger partial charge in [-0.3, -0.25) is 14.5 Å². The van der Waals surface area contributed by atoms with Crippen molar-refractivity contribution in [3.05, 3.63) is 94.9 Å². The summed E-state index contributed by atoms with van der Waals surface area (Å²) in [4.78, 5) is 32.1. The van der Waals surface area contributed by atoms with E-state index in [1.54, 1.807) is 37.3 Å². The van der Waals surface area contributed by atoms with Crippen LogP contribution in [0.3, 0.4) is 0 Å². The first-order valence-corrected chi connectivity index (χ1v) is 10.2. The van der Waals surface area contributed by atoms with Gasteiger partial charge in [-0.15, -0.1) is 0 Å². The standard InChI is InChI=1S/C23H15FN2O4S/c1-12-7-10-16(30-12)20(27)18-19(13-5-3-2-4-6-13)26(22(29)21(18)28)23-25-15-9-8-14(24)11-17(15)31-23/h2-11,19,28H,1H3/t19-/m1/s1. The number of hydrogen-bond acceptors (Lipinski definition) is 6. The van der Waals surface area contributed by atoms with Gasteiger partial charge in [0.25, 0.3) is 5.91 Å². The molecule has 31 heavy (non-hydrogen) atoms. The number of furan rings is 1. The number of aryl methyl sites for hydroxylation is 1. The SMILES string of the molecule is Cc1ccc(C(=O)C2=C(O)C(=O)N(c3nc4ccc(F)cc4s3)[C@@H]2c2ccccc2)o1. The van der Waals surface area contributed by atoms with Crippen molar-refractivity contribution in [3.8, 4) is 0 Å². The number of hydrogen-bond donors (Lipinski definition) is 1. The smallest absolute Gasteiger partial charge is 0.296 e. The van der Waals surface area contributed by atoms with E-state index in [1.807, 2.05) is 6.07 Å². The fourth-order valence-electron chi connectivity index (χ4n) is 3.66. The maximum absolute atomic E-state index is 13.7. The summed E-state index contributed by atoms with van der Waals surface area (Å²) in [5.74, 6) is -1.84. The highest BCUT2D eigenvalue weighted by Crippen LogP contribution is 2.44. The number of benzene rings is 2. The summed E-state index contributed by atoms with van der Waals surface area (Å²) < 4.78 is 19.7. The average Bonchev–Trinajstić information content (AvgIpc) is 3.44. The molecule has 0 spiro atoms. The van der Waals surface area contributed by atoms with Crippen LogP contribution < -0.4 is 4.90 Å². The predicted molar refractivity (Wildman–Crippen MR) is 114 cm³/mol. The van der Waals surface area contributed by atoms with E-state index in [-0.39, 0.29) is 16.5 Å². The van der Waals surface area contributed by atoms with Gasteiger partial charge in [-0.2, -0.15) is 0 Å². The molecule has 3 heterocycles. The Hall–Kier alpha value is -3.78. The van der Waals surface area contributed by atoms with Crippen LogP contribution in [0.4, 0.5) is 9.52 Å². The lowest BCUT2D eigenvalue weighted by atomic mass is 9.95. The Morgan fingerprint density at radius 1 is 1.16 bits per heavy atom. The quantitative estimate of drug-likeness (QED) is 0.451. The van der Waals surface area contributed by atoms with E-state index >= 15 is 0 Å². The van der Waals surface area contributed by atoms with Crippen LogP contribution >= 0.6 is 11.3 Å². The van der Waals surface area contributed by atoms with Crippen molar-refractivity contribution < 1.29 is 23.5 Å². The van der Waals surface area contributed by atoms with Crippen LogP contribution in [0.2, 0.25) is 0 Å². The molecule has 1 amide bonds. The summed E-state index contributed by atoms with van der Waals surface area (Å²) in [6, 6.07) is 15.3. The topological polar surface area (TPSA) is 83.6 Å². The van der Waals surface area contributed by atoms with Gasteiger partial charge in [0.2, 0.25) is 5.78 Å². The lowest BCUT2D eigenvalue weighted by Crippen LogP contribution is -2.30. The van der Waals surface area contributed by atoms with Crippen molar-refractivity contribution in [3.63, 3.8) is 0 Å². The number of aliphatic hydroxyl groups is 1. The number of thiazole rings is 1. The van der Waals surface area contributed by atoms with Gasteiger partial charge < -0.3 is 9.52 Å². The first kappa shape index (κ1) is 19.2. The molecular formula is C23H15FN2O4S. The third kappa shape index (κ3) is 3.12. The molecule has 2 aromatic heterocycles. The van der Waals surface area contributed by atoms with Crippen molar-refractivity contribution in [2.45, 2.75) is 13.0 Å². The van der Waals surface area contributed by atoms with Crippen LogP contribution in [-0.4, -0.2) is 21.8 Å². The molecule has 0 bridgehead atoms. The van der Waals surface area contributed by atoms with E-state index in [0.717, 1.165) is 11.3 Å². The van der Waals surface area contributed by atoms with Gasteiger partial charge in [-0.05, 0) is 42.8 Å². The molecule has 0 fully saturated rings. The third-order valence-corrected chi connectivity index (χ3v) is 6.09. The minimum absolute atomic E-state index is 0.0287. The fraction of sp³-hybridized carbons (Fsp3) is 0.0870. The van der Waals surface area contributed by atoms with Crippen molar-refractivity contribution >= 4 is 38.4 Å². The molecule has 2 aromatic carbocycles. The molecule has 1 atom stereocenters. The molecule has 0 aliphatic carbocycles. The van der Waals surface area contributed by atoms with E-state index < -0.39 is 29.3 Å². The zero-order chi connectivity index (χ0) is 21.7. The molecule has 154 valence electrons. The van der Waals surface area contributed by atoms with Gasteiger partial charge in [-0.25, -0.2) is 9.37 Å². The summed E-state index contributed by atoms with van der Waals surface area (Å²) in [5, 5.41) is 11.0. The molecule has 6 nitrogen and oxygen atoms in total. The Bertz CT molecular complexity index is 1370. The largest absolute Gasteiger partial charge is 0.503 e. The minimum Gasteiger partial charge on any atom is -0.503 e. The molecule has 4 aromatic rings. The number of fused-ring (bicyclic) bond motifs is 1. The van der Waals surface area contributed by atoms with Crippen LogP contribution in [0, 0.1) is 12.7 Å². The molecule has 0 saturated heterocycles. The predicted octanol–water partition coefficient (Wildman–Crippen LogP) is 5.12. The van der Waals surface area contributed by atoms with Gasteiger partial charge in [0.15, 0.2) is 16.7 Å². The van der Waals surface area contributed by atoms with Gasteiger partial charge in [0.05, 0.1) is 21.8 Å². The molecule has 0 unspecified atom stereocenters. The highest BCUT2D eigenvalue weighted by atomic mass is 32.1. The number of aliphatic hydroxyl groups excluding tert-OH is 1. The number of halogens is 1. The Morgan fingerprint density at radius 3 is 2.65 bits per heavy atom. The second-order valence-corrected chi connectivity index (χ2v) is 8.11. The summed E-state index contributed by atoms with van der Waals surface area (Å²) in [6.07, 6.45) is 0. The lowest BCUT2D eigenvalue weighted by molar-refractivity contribution is -0.117. The first-order chi connectivity index (χ1) is 14.9. The highest BCUT2D eigenvalue weighted by Gasteiger charge is 2.46. The number of rotatable bonds is 4. The summed E-state index contributed by atoms with van der Waals surface area (Å²) >= 11 is 1.11. The Labute approximate surface area is 179 Å². The Balaban J connectivity index is 1.67. The molecular weight excluding hydrogens is 419 g/mol. The summed E-state index contributed by atoms with van der Waals surface area (Å²) in [6.45, 7) is 1.70. The maximum Gasteiger partial charge on any atom is 0.296 e. The van der Waals surface area contributed by atoms with Gasteiger partial charge in [0, 0.05) is 0 Å². The lowest BCUT2D eigenvalue weighted by Gasteiger charge is -2.24. The number of Topliss-reactive ketones (excluding diaryl/α,β-unsaturated/α-hetero) is 1. The number of carbonyl (C=O) groups is 2. The number of anilines is 1. The third-order valence-electron chi connectivity index (χ3n) is 5.08. The average molecular weight is 434 g/mol. The number of aromatic nitrogens is 1. The molecule has 0 saturated carbocycles. The molecule has 8 heteroatoms. The fourth-order valence-corrected chi connectivity index (χ4v) is 4.68. The van der Waals surface area contributed by atoms with Gasteiger partial charge >= 0.3 is 0 Å². The highest BCUT2D eigenvalue weighted by molar-refractivity contribution is 7.22. The van der Waals surface area contributed by atoms with Crippen LogP contribution in [-0.2, 0) is 4.79 Å². The number of amides is 1. The molecule has 1 aliphatic heterocycles. The van der Waals surface area contributed by atoms with E-state index in [9.17, 15) is 19.1 Å². The number of nitrogens with zero attached hydrogens (tertiary/aromatic N) is 2. The van der Waals surface area contributed by atoms with E-state index in [1.165, 1.54) is 29.2 Å². The van der Waals surface area contributed by atoms with Crippen molar-refractivity contribution in [1.82, 2.24) is 4.98 Å². The summed E-state index contributed by atoms with van der Waals surface area (Å²) in [7, 11) is 0. The molecule has 5 rings (SSSR count). The number of carbonyl (C=O) groups excluding carboxylic acids is 2. The van der Waals surface area contributed by atoms with Gasteiger partial charge in [-0.1, -0.05) is 41.7 Å². The second-order valence-electron chi connectivity index (χ2n) is 7.10. The van der Waals surface area contributed by atoms with Crippen molar-refractivity contribution in [1.29, 1.82) is 0 Å². The van der Waals surface area contributed by atoms with Crippen molar-refractivity contribution in [2.75, 3.05) is 4.90 Å². The van der Waals surface area contributed by atoms with Crippen LogP contribution in [0.25, 0.3) is 10.2 Å². The van der Waals surface area contributed by atoms with E-state index in [2.05, 4.69) is 4.98 Å². The maximum atomic E-state index is 13.7. The monoisotopic (exact) mass is 434 g/mol. The second kappa shape index (κ2) is 7.17. The molecule has 0 radical (unpaired) electrons. The zero-order valence-electron chi connectivity index (χ0n) is 16.2. The van der Waals surface area contributed by atoms with E-state index in [0.29, 0.717) is 21.5 Å². The molecule has 1 N–H and O–H groups in total. The van der Waals surface area contributed by atoms with Crippen molar-refractivity contribution in [2.24, 2.45) is 0 Å². The summed E-state index contributed by atoms with van der Waals surface area (Å²) in [5.41, 5.74) is 1.05. The molecule has 1 aliphatic rings. The van der Waals surface area contributed by atoms with Crippen LogP contribution in [0.15, 0.2) is 76.4 Å². The van der Waals surface area contributed by atoms with Crippen LogP contribution in [0.1, 0.15) is 27.9 Å². The normalized spacial score (nSPS) is 16.5. The Kier molecular flexibility index (Phi) is 4.44. The van der Waals surface area contributed by atoms with E-state index in [4.69, 9.17) is 4.42 Å². The minimum atomic E-state index is -0.906.